The zero-order chi connectivity index (χ0) is 47.5. The van der Waals surface area contributed by atoms with Crippen LogP contribution < -0.4 is 11.5 Å². The molecule has 10 aromatic rings. The van der Waals surface area contributed by atoms with E-state index in [-0.39, 0.29) is 0 Å². The molecule has 70 heavy (non-hydrogen) atoms. The normalized spacial score (nSPS) is 11.1. The van der Waals surface area contributed by atoms with E-state index in [4.69, 9.17) is 11.5 Å². The van der Waals surface area contributed by atoms with Crippen molar-refractivity contribution in [3.05, 3.63) is 243 Å². The lowest BCUT2D eigenvalue weighted by atomic mass is 10.1. The molecular formula is C60H44N2S8. The van der Waals surface area contributed by atoms with Crippen molar-refractivity contribution >= 4 is 105 Å². The van der Waals surface area contributed by atoms with Gasteiger partial charge in [-0.15, -0.1) is 0 Å². The monoisotopic (exact) mass is 1050 g/mol. The number of benzene rings is 10. The van der Waals surface area contributed by atoms with Crippen molar-refractivity contribution in [2.45, 2.75) is 78.3 Å². The van der Waals surface area contributed by atoms with E-state index in [0.717, 1.165) is 11.4 Å². The summed E-state index contributed by atoms with van der Waals surface area (Å²) in [5, 5.41) is 0. The van der Waals surface area contributed by atoms with Gasteiger partial charge in [0.05, 0.1) is 0 Å². The van der Waals surface area contributed by atoms with Crippen LogP contribution in [0.25, 0.3) is 11.1 Å². The topological polar surface area (TPSA) is 52.0 Å². The number of rotatable bonds is 17. The fraction of sp³-hybridized carbons (Fsp3) is 0. The second-order valence-electron chi connectivity index (χ2n) is 15.8. The Morgan fingerprint density at radius 2 is 0.243 bits per heavy atom. The van der Waals surface area contributed by atoms with Gasteiger partial charge in [0, 0.05) is 89.7 Å². The van der Waals surface area contributed by atoms with E-state index in [1.165, 1.54) is 89.5 Å². The smallest absolute Gasteiger partial charge is 0.0314 e. The minimum atomic E-state index is 0.786. The first-order valence-electron chi connectivity index (χ1n) is 22.3. The van der Waals surface area contributed by atoms with Crippen molar-refractivity contribution < 1.29 is 0 Å². The predicted molar refractivity (Wildman–Crippen MR) is 305 cm³/mol. The van der Waals surface area contributed by atoms with Crippen LogP contribution in [-0.4, -0.2) is 0 Å². The van der Waals surface area contributed by atoms with Gasteiger partial charge in [-0.1, -0.05) is 118 Å². The Morgan fingerprint density at radius 3 is 0.371 bits per heavy atom. The molecule has 0 heterocycles. The van der Waals surface area contributed by atoms with Gasteiger partial charge < -0.3 is 11.5 Å². The van der Waals surface area contributed by atoms with Crippen LogP contribution in [0.3, 0.4) is 0 Å². The first-order valence-corrected chi connectivity index (χ1v) is 28.8. The largest absolute Gasteiger partial charge is 0.399 e. The molecule has 0 spiro atoms. The second-order valence-corrected chi connectivity index (χ2v) is 25.0. The molecule has 0 saturated heterocycles. The Kier molecular flexibility index (Phi) is 16.3. The van der Waals surface area contributed by atoms with E-state index in [9.17, 15) is 0 Å². The Morgan fingerprint density at radius 1 is 0.143 bits per heavy atom. The third-order valence-electron chi connectivity index (χ3n) is 10.6. The first kappa shape index (κ1) is 48.2. The molecule has 2 nitrogen and oxygen atoms in total. The molecule has 342 valence electrons. The summed E-state index contributed by atoms with van der Waals surface area (Å²) in [7, 11) is 0. The highest BCUT2D eigenvalue weighted by Gasteiger charge is 2.08. The maximum absolute atomic E-state index is 5.83. The van der Waals surface area contributed by atoms with Crippen molar-refractivity contribution in [3.63, 3.8) is 0 Å². The van der Waals surface area contributed by atoms with Crippen LogP contribution in [0.15, 0.2) is 321 Å². The number of anilines is 2. The molecule has 10 aromatic carbocycles. The Hall–Kier alpha value is -5.40. The molecule has 0 saturated carbocycles. The van der Waals surface area contributed by atoms with Crippen LogP contribution >= 0.6 is 94.1 Å². The summed E-state index contributed by atoms with van der Waals surface area (Å²) in [5.41, 5.74) is 15.7. The Labute approximate surface area is 445 Å². The van der Waals surface area contributed by atoms with Crippen LogP contribution in [0, 0.1) is 0 Å². The average molecular weight is 1050 g/mol. The summed E-state index contributed by atoms with van der Waals surface area (Å²) in [6, 6.07) is 86.6. The fourth-order valence-electron chi connectivity index (χ4n) is 7.05. The SMILES string of the molecule is Nc1ccc(Sc2ccc(Sc3ccc(Sc4ccc(Sc5ccc(-c6ccc(Sc7ccc(Sc8ccc(Sc9ccc(Sc%10ccc(N)cc%10)cc9)cc8)cc7)cc6)cc5)cc4)cc3)cc2)cc1. The van der Waals surface area contributed by atoms with Gasteiger partial charge in [0.2, 0.25) is 0 Å². The van der Waals surface area contributed by atoms with Crippen LogP contribution in [-0.2, 0) is 0 Å². The Balaban J connectivity index is 0.652. The molecule has 0 radical (unpaired) electrons. The van der Waals surface area contributed by atoms with Gasteiger partial charge in [-0.25, -0.2) is 0 Å². The molecule has 0 aliphatic carbocycles. The van der Waals surface area contributed by atoms with Crippen LogP contribution in [0.2, 0.25) is 0 Å². The zero-order valence-corrected chi connectivity index (χ0v) is 44.0. The first-order chi connectivity index (χ1) is 34.3. The van der Waals surface area contributed by atoms with Crippen molar-refractivity contribution in [1.29, 1.82) is 0 Å². The molecular weight excluding hydrogens is 1010 g/mol. The fourth-order valence-corrected chi connectivity index (χ4v) is 13.6. The number of nitrogen functional groups attached to an aromatic ring is 2. The maximum atomic E-state index is 5.83. The summed E-state index contributed by atoms with van der Waals surface area (Å²) < 4.78 is 0. The molecule has 0 fully saturated rings. The number of hydrogen-bond acceptors (Lipinski definition) is 10. The third-order valence-corrected chi connectivity index (χ3v) is 18.8. The molecule has 10 heteroatoms. The maximum Gasteiger partial charge on any atom is 0.0314 e. The molecule has 10 rings (SSSR count). The summed E-state index contributed by atoms with van der Waals surface area (Å²) in [5.74, 6) is 0. The van der Waals surface area contributed by atoms with Gasteiger partial charge in [-0.2, -0.15) is 0 Å². The third kappa shape index (κ3) is 13.9. The summed E-state index contributed by atoms with van der Waals surface area (Å²) in [4.78, 5) is 19.5. The quantitative estimate of drug-likeness (QED) is 0.0863. The highest BCUT2D eigenvalue weighted by molar-refractivity contribution is 8.01. The van der Waals surface area contributed by atoms with Crippen LogP contribution in [0.5, 0.6) is 0 Å². The van der Waals surface area contributed by atoms with E-state index >= 15 is 0 Å². The summed E-state index contributed by atoms with van der Waals surface area (Å²) >= 11 is 14.2. The van der Waals surface area contributed by atoms with Crippen LogP contribution in [0.4, 0.5) is 11.4 Å². The summed E-state index contributed by atoms with van der Waals surface area (Å²) in [6.45, 7) is 0. The molecule has 0 unspecified atom stereocenters. The lowest BCUT2D eigenvalue weighted by Crippen LogP contribution is -1.82. The minimum absolute atomic E-state index is 0.786. The van der Waals surface area contributed by atoms with Gasteiger partial charge in [-0.05, 0) is 230 Å². The van der Waals surface area contributed by atoms with Gasteiger partial charge in [0.15, 0.2) is 0 Å². The zero-order valence-electron chi connectivity index (χ0n) is 37.5. The highest BCUT2D eigenvalue weighted by atomic mass is 32.2. The molecule has 0 aliphatic rings. The average Bonchev–Trinajstić information content (AvgIpc) is 3.39. The lowest BCUT2D eigenvalue weighted by molar-refractivity contribution is 1.30. The molecule has 0 bridgehead atoms. The molecule has 0 amide bonds. The van der Waals surface area contributed by atoms with E-state index in [1.54, 1.807) is 94.1 Å². The summed E-state index contributed by atoms with van der Waals surface area (Å²) in [6.07, 6.45) is 0. The second kappa shape index (κ2) is 23.7. The van der Waals surface area contributed by atoms with Gasteiger partial charge in [0.1, 0.15) is 0 Å². The van der Waals surface area contributed by atoms with Crippen molar-refractivity contribution in [3.8, 4) is 11.1 Å². The number of nitrogens with two attached hydrogens (primary N) is 2. The van der Waals surface area contributed by atoms with Gasteiger partial charge in [-0.3, -0.25) is 0 Å². The minimum Gasteiger partial charge on any atom is -0.399 e. The van der Waals surface area contributed by atoms with Gasteiger partial charge in [0.25, 0.3) is 0 Å². The van der Waals surface area contributed by atoms with E-state index in [0.29, 0.717) is 0 Å². The van der Waals surface area contributed by atoms with Crippen molar-refractivity contribution in [1.82, 2.24) is 0 Å². The van der Waals surface area contributed by atoms with E-state index in [2.05, 4.69) is 218 Å². The highest BCUT2D eigenvalue weighted by Crippen LogP contribution is 2.39. The van der Waals surface area contributed by atoms with E-state index < -0.39 is 0 Å². The standard InChI is InChI=1S/C60H44N2S8/c61-43-5-13-47(14-6-43)65-51-21-29-55(30-22-51)69-59-37-33-57(34-38-59)67-53-25-17-49(18-26-53)63-45-9-1-41(2-10-45)42-3-11-46(12-4-42)64-50-19-27-54(28-20-50)68-58-35-39-60(40-36-58)70-56-31-23-52(24-32-56)66-48-15-7-44(62)8-16-48/h1-40H,61-62H2. The van der Waals surface area contributed by atoms with Gasteiger partial charge >= 0.3 is 0 Å². The van der Waals surface area contributed by atoms with Crippen molar-refractivity contribution in [2.75, 3.05) is 11.5 Å². The Bertz CT molecular complexity index is 3010. The molecule has 0 aliphatic heterocycles. The molecule has 4 N–H and O–H groups in total. The van der Waals surface area contributed by atoms with Crippen LogP contribution in [0.1, 0.15) is 0 Å². The number of hydrogen-bond donors (Lipinski definition) is 2. The molecule has 0 atom stereocenters. The predicted octanol–water partition coefficient (Wildman–Crippen LogP) is 19.7. The van der Waals surface area contributed by atoms with Crippen molar-refractivity contribution in [2.24, 2.45) is 0 Å². The lowest BCUT2D eigenvalue weighted by Gasteiger charge is -2.08. The molecule has 0 aromatic heterocycles. The van der Waals surface area contributed by atoms with E-state index in [1.807, 2.05) is 24.3 Å².